The summed E-state index contributed by atoms with van der Waals surface area (Å²) in [5, 5.41) is 5.91. The Hall–Kier alpha value is -2.04. The van der Waals surface area contributed by atoms with Crippen LogP contribution in [0.5, 0.6) is 0 Å². The summed E-state index contributed by atoms with van der Waals surface area (Å²) in [7, 11) is 0. The number of aliphatic imine (C=N–C) groups is 1. The molecule has 0 aromatic heterocycles. The monoisotopic (exact) mass is 246 g/mol. The summed E-state index contributed by atoms with van der Waals surface area (Å²) < 4.78 is 0. The molecule has 1 aromatic carbocycles. The third-order valence-electron chi connectivity index (χ3n) is 2.85. The summed E-state index contributed by atoms with van der Waals surface area (Å²) in [4.78, 5) is 15.4. The van der Waals surface area contributed by atoms with Crippen molar-refractivity contribution in [2.45, 2.75) is 25.3 Å². The van der Waals surface area contributed by atoms with Gasteiger partial charge in [0.1, 0.15) is 0 Å². The van der Waals surface area contributed by atoms with E-state index >= 15 is 0 Å². The summed E-state index contributed by atoms with van der Waals surface area (Å²) in [6.07, 6.45) is 2.52. The smallest absolute Gasteiger partial charge is 0.220 e. The number of piperidine rings is 1. The van der Waals surface area contributed by atoms with Crippen LogP contribution in [-0.2, 0) is 4.79 Å². The van der Waals surface area contributed by atoms with E-state index in [1.54, 1.807) is 0 Å². The SMILES string of the molecule is NC(=NCC1CCCC(=O)N1)Nc1ccccc1. The van der Waals surface area contributed by atoms with Gasteiger partial charge in [0.15, 0.2) is 5.96 Å². The molecule has 1 amide bonds. The number of anilines is 1. The van der Waals surface area contributed by atoms with E-state index in [0.29, 0.717) is 18.9 Å². The lowest BCUT2D eigenvalue weighted by Crippen LogP contribution is -2.41. The number of nitrogens with two attached hydrogens (primary N) is 1. The number of guanidine groups is 1. The average Bonchev–Trinajstić information content (AvgIpc) is 2.38. The topological polar surface area (TPSA) is 79.5 Å². The van der Waals surface area contributed by atoms with Crippen molar-refractivity contribution >= 4 is 17.6 Å². The van der Waals surface area contributed by atoms with Gasteiger partial charge in [-0.15, -0.1) is 0 Å². The average molecular weight is 246 g/mol. The van der Waals surface area contributed by atoms with Gasteiger partial charge in [0, 0.05) is 18.2 Å². The number of hydrogen-bond acceptors (Lipinski definition) is 2. The van der Waals surface area contributed by atoms with E-state index in [1.807, 2.05) is 30.3 Å². The number of rotatable bonds is 3. The second kappa shape index (κ2) is 6.05. The fraction of sp³-hybridized carbons (Fsp3) is 0.385. The molecule has 18 heavy (non-hydrogen) atoms. The molecule has 0 bridgehead atoms. The lowest BCUT2D eigenvalue weighted by molar-refractivity contribution is -0.123. The van der Waals surface area contributed by atoms with E-state index in [2.05, 4.69) is 15.6 Å². The van der Waals surface area contributed by atoms with Crippen molar-refractivity contribution in [2.24, 2.45) is 10.7 Å². The van der Waals surface area contributed by atoms with Crippen LogP contribution in [0.3, 0.4) is 0 Å². The van der Waals surface area contributed by atoms with Crippen molar-refractivity contribution < 1.29 is 4.79 Å². The van der Waals surface area contributed by atoms with Crippen LogP contribution in [0.2, 0.25) is 0 Å². The molecule has 0 spiro atoms. The van der Waals surface area contributed by atoms with E-state index in [1.165, 1.54) is 0 Å². The molecule has 1 heterocycles. The molecule has 0 aliphatic carbocycles. The molecule has 5 heteroatoms. The fourth-order valence-corrected chi connectivity index (χ4v) is 1.94. The second-order valence-electron chi connectivity index (χ2n) is 4.37. The number of amides is 1. The molecule has 1 fully saturated rings. The van der Waals surface area contributed by atoms with Crippen molar-refractivity contribution in [1.29, 1.82) is 0 Å². The molecule has 1 unspecified atom stereocenters. The van der Waals surface area contributed by atoms with Crippen LogP contribution in [0, 0.1) is 0 Å². The summed E-state index contributed by atoms with van der Waals surface area (Å²) in [5.41, 5.74) is 6.69. The van der Waals surface area contributed by atoms with Gasteiger partial charge in [-0.1, -0.05) is 18.2 Å². The normalized spacial score (nSPS) is 20.3. The standard InChI is InChI=1S/C13H18N4O/c14-13(17-10-5-2-1-3-6-10)15-9-11-7-4-8-12(18)16-11/h1-3,5-6,11H,4,7-9H2,(H,16,18)(H3,14,15,17). The maximum Gasteiger partial charge on any atom is 0.220 e. The summed E-state index contributed by atoms with van der Waals surface area (Å²) in [6, 6.07) is 9.75. The van der Waals surface area contributed by atoms with Crippen molar-refractivity contribution in [3.05, 3.63) is 30.3 Å². The number of para-hydroxylation sites is 1. The molecular weight excluding hydrogens is 228 g/mol. The maximum absolute atomic E-state index is 11.2. The molecule has 1 aromatic rings. The van der Waals surface area contributed by atoms with Gasteiger partial charge in [0.2, 0.25) is 5.91 Å². The van der Waals surface area contributed by atoms with E-state index in [4.69, 9.17) is 5.73 Å². The summed E-state index contributed by atoms with van der Waals surface area (Å²) in [6.45, 7) is 0.525. The van der Waals surface area contributed by atoms with Crippen LogP contribution >= 0.6 is 0 Å². The number of nitrogens with one attached hydrogen (secondary N) is 2. The number of nitrogens with zero attached hydrogens (tertiary/aromatic N) is 1. The number of benzene rings is 1. The summed E-state index contributed by atoms with van der Waals surface area (Å²) >= 11 is 0. The Morgan fingerprint density at radius 3 is 2.94 bits per heavy atom. The molecule has 1 atom stereocenters. The van der Waals surface area contributed by atoms with Gasteiger partial charge in [0.05, 0.1) is 6.54 Å². The molecule has 0 saturated carbocycles. The van der Waals surface area contributed by atoms with Gasteiger partial charge >= 0.3 is 0 Å². The number of carbonyl (C=O) groups excluding carboxylic acids is 1. The van der Waals surface area contributed by atoms with Crippen LogP contribution in [0.15, 0.2) is 35.3 Å². The predicted molar refractivity (Wildman–Crippen MR) is 72.3 cm³/mol. The summed E-state index contributed by atoms with van der Waals surface area (Å²) in [5.74, 6) is 0.483. The third kappa shape index (κ3) is 3.76. The third-order valence-corrected chi connectivity index (χ3v) is 2.85. The number of hydrogen-bond donors (Lipinski definition) is 3. The van der Waals surface area contributed by atoms with Gasteiger partial charge in [-0.3, -0.25) is 9.79 Å². The van der Waals surface area contributed by atoms with Crippen LogP contribution in [-0.4, -0.2) is 24.5 Å². The highest BCUT2D eigenvalue weighted by molar-refractivity contribution is 5.92. The first-order chi connectivity index (χ1) is 8.74. The zero-order chi connectivity index (χ0) is 12.8. The first-order valence-corrected chi connectivity index (χ1v) is 6.15. The molecule has 96 valence electrons. The predicted octanol–water partition coefficient (Wildman–Crippen LogP) is 1.08. The van der Waals surface area contributed by atoms with Crippen LogP contribution in [0.4, 0.5) is 5.69 Å². The molecule has 1 saturated heterocycles. The largest absolute Gasteiger partial charge is 0.370 e. The molecule has 5 nitrogen and oxygen atoms in total. The van der Waals surface area contributed by atoms with Crippen molar-refractivity contribution in [3.63, 3.8) is 0 Å². The highest BCUT2D eigenvalue weighted by atomic mass is 16.1. The minimum Gasteiger partial charge on any atom is -0.370 e. The van der Waals surface area contributed by atoms with Gasteiger partial charge in [-0.05, 0) is 25.0 Å². The van der Waals surface area contributed by atoms with Crippen LogP contribution in [0.25, 0.3) is 0 Å². The van der Waals surface area contributed by atoms with Crippen LogP contribution in [0.1, 0.15) is 19.3 Å². The van der Waals surface area contributed by atoms with Crippen molar-refractivity contribution in [2.75, 3.05) is 11.9 Å². The van der Waals surface area contributed by atoms with E-state index in [9.17, 15) is 4.79 Å². The Morgan fingerprint density at radius 1 is 1.44 bits per heavy atom. The number of carbonyl (C=O) groups is 1. The van der Waals surface area contributed by atoms with Gasteiger partial charge < -0.3 is 16.4 Å². The molecule has 2 rings (SSSR count). The first kappa shape index (κ1) is 12.4. The van der Waals surface area contributed by atoms with Gasteiger partial charge in [0.25, 0.3) is 0 Å². The van der Waals surface area contributed by atoms with E-state index in [0.717, 1.165) is 18.5 Å². The van der Waals surface area contributed by atoms with Gasteiger partial charge in [-0.25, -0.2) is 0 Å². The fourth-order valence-electron chi connectivity index (χ4n) is 1.94. The Balaban J connectivity index is 1.83. The molecular formula is C13H18N4O. The van der Waals surface area contributed by atoms with Crippen LogP contribution < -0.4 is 16.4 Å². The molecule has 1 aliphatic rings. The highest BCUT2D eigenvalue weighted by Gasteiger charge is 2.17. The van der Waals surface area contributed by atoms with E-state index < -0.39 is 0 Å². The zero-order valence-corrected chi connectivity index (χ0v) is 10.2. The Kier molecular flexibility index (Phi) is 4.17. The van der Waals surface area contributed by atoms with Crippen molar-refractivity contribution in [1.82, 2.24) is 5.32 Å². The van der Waals surface area contributed by atoms with Gasteiger partial charge in [-0.2, -0.15) is 0 Å². The maximum atomic E-state index is 11.2. The minimum absolute atomic E-state index is 0.107. The molecule has 0 radical (unpaired) electrons. The highest BCUT2D eigenvalue weighted by Crippen LogP contribution is 2.08. The van der Waals surface area contributed by atoms with E-state index in [-0.39, 0.29) is 11.9 Å². The first-order valence-electron chi connectivity index (χ1n) is 6.15. The lowest BCUT2D eigenvalue weighted by atomic mass is 10.0. The quantitative estimate of drug-likeness (QED) is 0.551. The molecule has 4 N–H and O–H groups in total. The molecule has 1 aliphatic heterocycles. The Labute approximate surface area is 106 Å². The minimum atomic E-state index is 0.107. The zero-order valence-electron chi connectivity index (χ0n) is 10.2. The van der Waals surface area contributed by atoms with Crippen molar-refractivity contribution in [3.8, 4) is 0 Å². The second-order valence-corrected chi connectivity index (χ2v) is 4.37. The Morgan fingerprint density at radius 2 is 2.22 bits per heavy atom. The lowest BCUT2D eigenvalue weighted by Gasteiger charge is -2.21. The Bertz CT molecular complexity index is 430.